The molecule has 0 amide bonds. The third-order valence-electron chi connectivity index (χ3n) is 5.74. The van der Waals surface area contributed by atoms with Gasteiger partial charge in [-0.1, -0.05) is 27.7 Å². The molecule has 0 spiro atoms. The first-order valence-electron chi connectivity index (χ1n) is 10.0. The second-order valence-corrected chi connectivity index (χ2v) is 8.74. The van der Waals surface area contributed by atoms with Gasteiger partial charge in [0, 0.05) is 12.6 Å². The molecule has 130 valence electrons. The molecule has 0 aromatic heterocycles. The summed E-state index contributed by atoms with van der Waals surface area (Å²) in [6.45, 7) is 16.1. The van der Waals surface area contributed by atoms with Crippen LogP contribution in [-0.4, -0.2) is 48.6 Å². The zero-order chi connectivity index (χ0) is 15.9. The molecule has 1 saturated carbocycles. The number of piperidine rings is 1. The Kier molecular flexibility index (Phi) is 7.70. The molecule has 2 heteroatoms. The molecule has 22 heavy (non-hydrogen) atoms. The van der Waals surface area contributed by atoms with Crippen molar-refractivity contribution in [2.45, 2.75) is 78.7 Å². The molecule has 2 atom stereocenters. The van der Waals surface area contributed by atoms with Crippen LogP contribution in [0.15, 0.2) is 0 Å². The first-order chi connectivity index (χ1) is 10.5. The van der Waals surface area contributed by atoms with E-state index in [0.717, 1.165) is 23.8 Å². The van der Waals surface area contributed by atoms with Crippen LogP contribution < -0.4 is 0 Å². The number of nitrogens with zero attached hydrogens (tertiary/aromatic N) is 2. The lowest BCUT2D eigenvalue weighted by atomic mass is 10.1. The highest BCUT2D eigenvalue weighted by Gasteiger charge is 2.36. The Morgan fingerprint density at radius 3 is 2.00 bits per heavy atom. The number of hydrogen-bond donors (Lipinski definition) is 0. The van der Waals surface area contributed by atoms with Crippen LogP contribution in [0.2, 0.25) is 0 Å². The monoisotopic (exact) mass is 308 g/mol. The molecule has 2 heterocycles. The second-order valence-electron chi connectivity index (χ2n) is 8.74. The molecule has 3 aliphatic rings. The van der Waals surface area contributed by atoms with Gasteiger partial charge in [-0.3, -0.25) is 0 Å². The third-order valence-corrected chi connectivity index (χ3v) is 5.74. The van der Waals surface area contributed by atoms with Crippen LogP contribution in [0.25, 0.3) is 0 Å². The molecule has 2 unspecified atom stereocenters. The molecular weight excluding hydrogens is 268 g/mol. The number of fused-ring (bicyclic) bond motifs is 2. The van der Waals surface area contributed by atoms with E-state index in [-0.39, 0.29) is 0 Å². The van der Waals surface area contributed by atoms with E-state index in [1.54, 1.807) is 0 Å². The molecule has 0 N–H and O–H groups in total. The molecule has 1 aliphatic carbocycles. The van der Waals surface area contributed by atoms with Crippen LogP contribution in [0, 0.1) is 17.8 Å². The maximum Gasteiger partial charge on any atom is 0.00985 e. The third kappa shape index (κ3) is 6.20. The van der Waals surface area contributed by atoms with Gasteiger partial charge in [-0.15, -0.1) is 0 Å². The van der Waals surface area contributed by atoms with Crippen molar-refractivity contribution in [2.75, 3.05) is 32.7 Å². The molecule has 0 aromatic carbocycles. The van der Waals surface area contributed by atoms with E-state index in [2.05, 4.69) is 37.5 Å². The fraction of sp³-hybridized carbons (Fsp3) is 1.00. The van der Waals surface area contributed by atoms with Crippen molar-refractivity contribution in [1.82, 2.24) is 9.80 Å². The van der Waals surface area contributed by atoms with Crippen molar-refractivity contribution < 1.29 is 0 Å². The van der Waals surface area contributed by atoms with Gasteiger partial charge < -0.3 is 9.80 Å². The molecule has 0 radical (unpaired) electrons. The SMILES string of the molecule is CC(C)CCN1CC2CCC1C2.CC(C)CCN1CCCC1. The maximum atomic E-state index is 2.73. The first-order valence-corrected chi connectivity index (χ1v) is 10.0. The summed E-state index contributed by atoms with van der Waals surface area (Å²) in [6.07, 6.45) is 10.1. The normalized spacial score (nSPS) is 28.6. The van der Waals surface area contributed by atoms with Gasteiger partial charge in [0.25, 0.3) is 0 Å². The topological polar surface area (TPSA) is 6.48 Å². The van der Waals surface area contributed by atoms with E-state index in [9.17, 15) is 0 Å². The van der Waals surface area contributed by atoms with Gasteiger partial charge in [-0.2, -0.15) is 0 Å². The van der Waals surface area contributed by atoms with E-state index < -0.39 is 0 Å². The van der Waals surface area contributed by atoms with Crippen LogP contribution in [-0.2, 0) is 0 Å². The summed E-state index contributed by atoms with van der Waals surface area (Å²) >= 11 is 0. The van der Waals surface area contributed by atoms with Gasteiger partial charge in [0.05, 0.1) is 0 Å². The minimum absolute atomic E-state index is 0.876. The van der Waals surface area contributed by atoms with Crippen molar-refractivity contribution in [3.05, 3.63) is 0 Å². The lowest BCUT2D eigenvalue weighted by molar-refractivity contribution is 0.203. The summed E-state index contributed by atoms with van der Waals surface area (Å²) in [5, 5.41) is 0. The van der Waals surface area contributed by atoms with Gasteiger partial charge in [0.1, 0.15) is 0 Å². The van der Waals surface area contributed by atoms with Crippen LogP contribution in [0.1, 0.15) is 72.6 Å². The van der Waals surface area contributed by atoms with E-state index in [0.29, 0.717) is 0 Å². The fourth-order valence-corrected chi connectivity index (χ4v) is 4.17. The van der Waals surface area contributed by atoms with Crippen molar-refractivity contribution >= 4 is 0 Å². The average molecular weight is 309 g/mol. The van der Waals surface area contributed by atoms with Crippen LogP contribution in [0.4, 0.5) is 0 Å². The summed E-state index contributed by atoms with van der Waals surface area (Å²) in [6, 6.07) is 0.980. The molecule has 3 fully saturated rings. The van der Waals surface area contributed by atoms with E-state index in [4.69, 9.17) is 0 Å². The summed E-state index contributed by atoms with van der Waals surface area (Å²) in [5.74, 6) is 2.83. The van der Waals surface area contributed by atoms with E-state index >= 15 is 0 Å². The lowest BCUT2D eigenvalue weighted by Crippen LogP contribution is -2.33. The summed E-state index contributed by atoms with van der Waals surface area (Å²) in [5.41, 5.74) is 0. The highest BCUT2D eigenvalue weighted by Crippen LogP contribution is 2.37. The predicted octanol–water partition coefficient (Wildman–Crippen LogP) is 4.65. The summed E-state index contributed by atoms with van der Waals surface area (Å²) < 4.78 is 0. The number of likely N-dealkylation sites (tertiary alicyclic amines) is 2. The number of hydrogen-bond acceptors (Lipinski definition) is 2. The molecule has 0 aromatic rings. The van der Waals surface area contributed by atoms with Crippen molar-refractivity contribution in [2.24, 2.45) is 17.8 Å². The fourth-order valence-electron chi connectivity index (χ4n) is 4.17. The van der Waals surface area contributed by atoms with Crippen molar-refractivity contribution in [3.63, 3.8) is 0 Å². The minimum Gasteiger partial charge on any atom is -0.303 e. The van der Waals surface area contributed by atoms with Crippen molar-refractivity contribution in [1.29, 1.82) is 0 Å². The lowest BCUT2D eigenvalue weighted by Gasteiger charge is -2.27. The largest absolute Gasteiger partial charge is 0.303 e. The van der Waals surface area contributed by atoms with Gasteiger partial charge in [-0.25, -0.2) is 0 Å². The van der Waals surface area contributed by atoms with Crippen LogP contribution in [0.3, 0.4) is 0 Å². The van der Waals surface area contributed by atoms with Gasteiger partial charge in [0.15, 0.2) is 0 Å². The van der Waals surface area contributed by atoms with E-state index in [1.807, 2.05) is 0 Å². The first kappa shape index (κ1) is 18.3. The Labute approximate surface area is 139 Å². The second kappa shape index (κ2) is 9.27. The van der Waals surface area contributed by atoms with Gasteiger partial charge in [0.2, 0.25) is 0 Å². The maximum absolute atomic E-state index is 2.73. The Hall–Kier alpha value is -0.0800. The Morgan fingerprint density at radius 2 is 1.50 bits per heavy atom. The summed E-state index contributed by atoms with van der Waals surface area (Å²) in [7, 11) is 0. The highest BCUT2D eigenvalue weighted by molar-refractivity contribution is 4.91. The highest BCUT2D eigenvalue weighted by atomic mass is 15.2. The van der Waals surface area contributed by atoms with Gasteiger partial charge >= 0.3 is 0 Å². The molecule has 2 aliphatic heterocycles. The van der Waals surface area contributed by atoms with Crippen molar-refractivity contribution in [3.8, 4) is 0 Å². The minimum atomic E-state index is 0.876. The predicted molar refractivity (Wildman–Crippen MR) is 97.3 cm³/mol. The quantitative estimate of drug-likeness (QED) is 0.705. The van der Waals surface area contributed by atoms with Crippen LogP contribution in [0.5, 0.6) is 0 Å². The molecule has 2 nitrogen and oxygen atoms in total. The van der Waals surface area contributed by atoms with E-state index in [1.165, 1.54) is 77.7 Å². The Bertz CT molecular complexity index is 294. The number of rotatable bonds is 6. The average Bonchev–Trinajstić information content (AvgIpc) is 3.20. The Morgan fingerprint density at radius 1 is 0.864 bits per heavy atom. The zero-order valence-electron chi connectivity index (χ0n) is 15.7. The Balaban J connectivity index is 0.000000164. The van der Waals surface area contributed by atoms with Crippen LogP contribution >= 0.6 is 0 Å². The molecule has 3 rings (SSSR count). The van der Waals surface area contributed by atoms with Gasteiger partial charge in [-0.05, 0) is 88.9 Å². The smallest absolute Gasteiger partial charge is 0.00985 e. The standard InChI is InChI=1S/C11H21N.C9H19N/c1-9(2)5-6-12-8-10-3-4-11(12)7-10;1-9(2)5-8-10-6-3-4-7-10/h9-11H,3-8H2,1-2H3;9H,3-8H2,1-2H3. The molecular formula is C20H40N2. The molecule has 2 saturated heterocycles. The zero-order valence-corrected chi connectivity index (χ0v) is 15.7. The molecule has 2 bridgehead atoms. The summed E-state index contributed by atoms with van der Waals surface area (Å²) in [4.78, 5) is 5.31.